The number of anilines is 1. The fraction of sp³-hybridized carbons (Fsp3) is 0.267. The molecule has 0 aliphatic heterocycles. The van der Waals surface area contributed by atoms with Gasteiger partial charge in [0, 0.05) is 35.1 Å². The first-order valence-corrected chi connectivity index (χ1v) is 7.21. The van der Waals surface area contributed by atoms with E-state index in [1.54, 1.807) is 18.4 Å². The second-order valence-electron chi connectivity index (χ2n) is 4.36. The van der Waals surface area contributed by atoms with Gasteiger partial charge in [0.2, 0.25) is 0 Å². The van der Waals surface area contributed by atoms with Crippen molar-refractivity contribution in [1.29, 1.82) is 0 Å². The molecule has 2 aromatic rings. The standard InChI is InChI=1S/C15H18N2O2S/c1-11-6-7-14(20-11)9-17-12-4-3-5-13(8-12)19-10-15(18)16-2/h3-8,17H,9-10H2,1-2H3,(H,16,18). The third kappa shape index (κ3) is 4.28. The van der Waals surface area contributed by atoms with Crippen LogP contribution in [-0.4, -0.2) is 19.6 Å². The van der Waals surface area contributed by atoms with Crippen LogP contribution in [0.1, 0.15) is 9.75 Å². The highest BCUT2D eigenvalue weighted by molar-refractivity contribution is 7.11. The summed E-state index contributed by atoms with van der Waals surface area (Å²) in [5, 5.41) is 5.87. The van der Waals surface area contributed by atoms with Crippen molar-refractivity contribution < 1.29 is 9.53 Å². The van der Waals surface area contributed by atoms with Crippen LogP contribution in [0.15, 0.2) is 36.4 Å². The van der Waals surface area contributed by atoms with Gasteiger partial charge in [0.15, 0.2) is 6.61 Å². The molecule has 2 N–H and O–H groups in total. The third-order valence-corrected chi connectivity index (χ3v) is 3.75. The number of benzene rings is 1. The van der Waals surface area contributed by atoms with Crippen LogP contribution in [-0.2, 0) is 11.3 Å². The molecule has 0 fully saturated rings. The van der Waals surface area contributed by atoms with Gasteiger partial charge in [0.25, 0.3) is 5.91 Å². The van der Waals surface area contributed by atoms with Gasteiger partial charge in [0.1, 0.15) is 5.75 Å². The number of hydrogen-bond donors (Lipinski definition) is 2. The lowest BCUT2D eigenvalue weighted by Crippen LogP contribution is -2.24. The Morgan fingerprint density at radius 2 is 2.15 bits per heavy atom. The number of rotatable bonds is 6. The zero-order valence-electron chi connectivity index (χ0n) is 11.6. The Kier molecular flexibility index (Phi) is 5.01. The first-order valence-electron chi connectivity index (χ1n) is 6.40. The van der Waals surface area contributed by atoms with Gasteiger partial charge in [-0.15, -0.1) is 11.3 Å². The maximum atomic E-state index is 11.1. The average Bonchev–Trinajstić information content (AvgIpc) is 2.88. The molecule has 0 atom stereocenters. The molecule has 106 valence electrons. The van der Waals surface area contributed by atoms with Crippen molar-refractivity contribution in [3.8, 4) is 5.75 Å². The van der Waals surface area contributed by atoms with Crippen molar-refractivity contribution in [3.63, 3.8) is 0 Å². The minimum atomic E-state index is -0.141. The molecule has 1 amide bonds. The highest BCUT2D eigenvalue weighted by atomic mass is 32.1. The maximum Gasteiger partial charge on any atom is 0.257 e. The number of nitrogens with one attached hydrogen (secondary N) is 2. The predicted octanol–water partition coefficient (Wildman–Crippen LogP) is 2.79. The van der Waals surface area contributed by atoms with Crippen LogP contribution in [0.5, 0.6) is 5.75 Å². The Morgan fingerprint density at radius 3 is 2.85 bits per heavy atom. The van der Waals surface area contributed by atoms with Crippen LogP contribution in [0.25, 0.3) is 0 Å². The molecule has 0 spiro atoms. The van der Waals surface area contributed by atoms with E-state index in [-0.39, 0.29) is 12.5 Å². The Hall–Kier alpha value is -2.01. The summed E-state index contributed by atoms with van der Waals surface area (Å²) in [5.41, 5.74) is 0.977. The first-order chi connectivity index (χ1) is 9.67. The van der Waals surface area contributed by atoms with Gasteiger partial charge in [0.05, 0.1) is 0 Å². The molecule has 1 aromatic heterocycles. The van der Waals surface area contributed by atoms with Crippen molar-refractivity contribution in [2.24, 2.45) is 0 Å². The molecule has 2 rings (SSSR count). The lowest BCUT2D eigenvalue weighted by atomic mass is 10.3. The molecule has 0 saturated carbocycles. The molecule has 0 unspecified atom stereocenters. The Balaban J connectivity index is 1.90. The maximum absolute atomic E-state index is 11.1. The lowest BCUT2D eigenvalue weighted by molar-refractivity contribution is -0.122. The van der Waals surface area contributed by atoms with E-state index in [0.29, 0.717) is 5.75 Å². The number of ether oxygens (including phenoxy) is 1. The van der Waals surface area contributed by atoms with Gasteiger partial charge in [-0.05, 0) is 31.2 Å². The Bertz CT molecular complexity index is 581. The van der Waals surface area contributed by atoms with E-state index in [4.69, 9.17) is 4.74 Å². The normalized spacial score (nSPS) is 10.1. The molecule has 4 nitrogen and oxygen atoms in total. The summed E-state index contributed by atoms with van der Waals surface area (Å²) in [6, 6.07) is 11.9. The largest absolute Gasteiger partial charge is 0.484 e. The summed E-state index contributed by atoms with van der Waals surface area (Å²) in [7, 11) is 1.59. The SMILES string of the molecule is CNC(=O)COc1cccc(NCc2ccc(C)s2)c1. The minimum Gasteiger partial charge on any atom is -0.484 e. The van der Waals surface area contributed by atoms with Gasteiger partial charge in [-0.2, -0.15) is 0 Å². The molecule has 1 heterocycles. The number of aryl methyl sites for hydroxylation is 1. The van der Waals surface area contributed by atoms with Crippen molar-refractivity contribution in [2.45, 2.75) is 13.5 Å². The number of carbonyl (C=O) groups is 1. The van der Waals surface area contributed by atoms with Crippen LogP contribution in [0.4, 0.5) is 5.69 Å². The number of hydrogen-bond acceptors (Lipinski definition) is 4. The molecule has 20 heavy (non-hydrogen) atoms. The molecule has 1 aromatic carbocycles. The predicted molar refractivity (Wildman–Crippen MR) is 82.4 cm³/mol. The second kappa shape index (κ2) is 6.96. The average molecular weight is 290 g/mol. The highest BCUT2D eigenvalue weighted by Gasteiger charge is 2.02. The molecule has 5 heteroatoms. The molecule has 0 aliphatic rings. The zero-order valence-corrected chi connectivity index (χ0v) is 12.4. The van der Waals surface area contributed by atoms with E-state index in [2.05, 4.69) is 29.7 Å². The van der Waals surface area contributed by atoms with Crippen LogP contribution in [0.2, 0.25) is 0 Å². The number of likely N-dealkylation sites (N-methyl/N-ethyl adjacent to an activating group) is 1. The van der Waals surface area contributed by atoms with Crippen molar-refractivity contribution in [1.82, 2.24) is 5.32 Å². The molecule has 0 saturated heterocycles. The second-order valence-corrected chi connectivity index (χ2v) is 5.73. The summed E-state index contributed by atoms with van der Waals surface area (Å²) in [5.74, 6) is 0.540. The molecule has 0 radical (unpaired) electrons. The monoisotopic (exact) mass is 290 g/mol. The summed E-state index contributed by atoms with van der Waals surface area (Å²) in [6.45, 7) is 2.92. The van der Waals surface area contributed by atoms with Crippen LogP contribution >= 0.6 is 11.3 Å². The first kappa shape index (κ1) is 14.4. The highest BCUT2D eigenvalue weighted by Crippen LogP contribution is 2.20. The van der Waals surface area contributed by atoms with Crippen LogP contribution in [0, 0.1) is 6.92 Å². The Morgan fingerprint density at radius 1 is 1.30 bits per heavy atom. The van der Waals surface area contributed by atoms with E-state index < -0.39 is 0 Å². The van der Waals surface area contributed by atoms with Gasteiger partial charge in [-0.3, -0.25) is 4.79 Å². The van der Waals surface area contributed by atoms with E-state index >= 15 is 0 Å². The summed E-state index contributed by atoms with van der Waals surface area (Å²) >= 11 is 1.78. The van der Waals surface area contributed by atoms with Crippen molar-refractivity contribution in [2.75, 3.05) is 19.0 Å². The summed E-state index contributed by atoms with van der Waals surface area (Å²) < 4.78 is 5.41. The van der Waals surface area contributed by atoms with Crippen LogP contribution in [0.3, 0.4) is 0 Å². The van der Waals surface area contributed by atoms with Gasteiger partial charge < -0.3 is 15.4 Å². The lowest BCUT2D eigenvalue weighted by Gasteiger charge is -2.08. The third-order valence-electron chi connectivity index (χ3n) is 2.75. The molecular formula is C15H18N2O2S. The van der Waals surface area contributed by atoms with E-state index in [1.165, 1.54) is 9.75 Å². The molecular weight excluding hydrogens is 272 g/mol. The van der Waals surface area contributed by atoms with Crippen molar-refractivity contribution >= 4 is 22.9 Å². The molecule has 0 bridgehead atoms. The number of carbonyl (C=O) groups excluding carboxylic acids is 1. The fourth-order valence-corrected chi connectivity index (χ4v) is 2.52. The minimum absolute atomic E-state index is 0.0318. The van der Waals surface area contributed by atoms with E-state index in [0.717, 1.165) is 12.2 Å². The van der Waals surface area contributed by atoms with Crippen LogP contribution < -0.4 is 15.4 Å². The topological polar surface area (TPSA) is 50.4 Å². The Labute approximate surface area is 122 Å². The van der Waals surface area contributed by atoms with Gasteiger partial charge in [-0.25, -0.2) is 0 Å². The van der Waals surface area contributed by atoms with Gasteiger partial charge >= 0.3 is 0 Å². The summed E-state index contributed by atoms with van der Waals surface area (Å²) in [4.78, 5) is 13.7. The quantitative estimate of drug-likeness (QED) is 0.860. The summed E-state index contributed by atoms with van der Waals surface area (Å²) in [6.07, 6.45) is 0. The van der Waals surface area contributed by atoms with Crippen molar-refractivity contribution in [3.05, 3.63) is 46.2 Å². The number of thiophene rings is 1. The van der Waals surface area contributed by atoms with E-state index in [1.807, 2.05) is 24.3 Å². The fourth-order valence-electron chi connectivity index (χ4n) is 1.69. The molecule has 0 aliphatic carbocycles. The number of amides is 1. The zero-order chi connectivity index (χ0) is 14.4. The smallest absolute Gasteiger partial charge is 0.257 e. The van der Waals surface area contributed by atoms with E-state index in [9.17, 15) is 4.79 Å². The van der Waals surface area contributed by atoms with Gasteiger partial charge in [-0.1, -0.05) is 6.07 Å².